The zero-order valence-corrected chi connectivity index (χ0v) is 12.3. The van der Waals surface area contributed by atoms with Crippen molar-refractivity contribution in [2.45, 2.75) is 6.42 Å². The largest absolute Gasteiger partial charge is 0.395 e. The summed E-state index contributed by atoms with van der Waals surface area (Å²) in [6.07, 6.45) is 2.10. The van der Waals surface area contributed by atoms with Crippen molar-refractivity contribution in [1.29, 1.82) is 0 Å². The number of hydrogen-bond acceptors (Lipinski definition) is 2. The Balaban J connectivity index is 2.13. The van der Waals surface area contributed by atoms with E-state index in [9.17, 15) is 4.79 Å². The molecule has 0 aliphatic heterocycles. The van der Waals surface area contributed by atoms with E-state index in [1.807, 2.05) is 12.1 Å². The highest BCUT2D eigenvalue weighted by Crippen LogP contribution is 2.16. The van der Waals surface area contributed by atoms with Gasteiger partial charge in [0.15, 0.2) is 0 Å². The molecule has 0 saturated carbocycles. The second kappa shape index (κ2) is 6.98. The number of nitrogens with one attached hydrogen (secondary N) is 1. The molecule has 108 valence electrons. The van der Waals surface area contributed by atoms with Crippen molar-refractivity contribution in [1.82, 2.24) is 4.57 Å². The van der Waals surface area contributed by atoms with Gasteiger partial charge in [-0.25, -0.2) is 0 Å². The quantitative estimate of drug-likeness (QED) is 0.857. The molecule has 0 aliphatic rings. The van der Waals surface area contributed by atoms with Crippen molar-refractivity contribution in [2.75, 3.05) is 11.9 Å². The van der Waals surface area contributed by atoms with Crippen molar-refractivity contribution >= 4 is 23.2 Å². The van der Waals surface area contributed by atoms with Crippen LogP contribution < -0.4 is 5.32 Å². The first-order valence-electron chi connectivity index (χ1n) is 6.43. The molecule has 1 heterocycles. The van der Waals surface area contributed by atoms with E-state index in [4.69, 9.17) is 16.7 Å². The molecule has 0 fully saturated rings. The van der Waals surface area contributed by atoms with E-state index in [0.717, 1.165) is 5.56 Å². The molecule has 4 nitrogen and oxygen atoms in total. The number of aromatic nitrogens is 1. The number of anilines is 1. The van der Waals surface area contributed by atoms with Gasteiger partial charge in [-0.15, -0.1) is 0 Å². The summed E-state index contributed by atoms with van der Waals surface area (Å²) in [5.74, 6) is 5.54. The summed E-state index contributed by atoms with van der Waals surface area (Å²) >= 11 is 5.87. The van der Waals surface area contributed by atoms with E-state index in [2.05, 4.69) is 17.2 Å². The Morgan fingerprint density at radius 2 is 2.24 bits per heavy atom. The molecule has 0 bridgehead atoms. The third-order valence-corrected chi connectivity index (χ3v) is 3.00. The van der Waals surface area contributed by atoms with Gasteiger partial charge in [-0.3, -0.25) is 4.79 Å². The van der Waals surface area contributed by atoms with Gasteiger partial charge >= 0.3 is 0 Å². The first-order chi connectivity index (χ1) is 10.1. The minimum absolute atomic E-state index is 0.0394. The third kappa shape index (κ3) is 4.12. The van der Waals surface area contributed by atoms with Crippen LogP contribution in [0.25, 0.3) is 0 Å². The highest BCUT2D eigenvalue weighted by atomic mass is 35.5. The minimum Gasteiger partial charge on any atom is -0.395 e. The Morgan fingerprint density at radius 1 is 1.43 bits per heavy atom. The molecule has 5 heteroatoms. The van der Waals surface area contributed by atoms with Gasteiger partial charge < -0.3 is 15.0 Å². The number of aryl methyl sites for hydroxylation is 1. The molecule has 0 saturated heterocycles. The van der Waals surface area contributed by atoms with Crippen molar-refractivity contribution in [3.8, 4) is 11.8 Å². The Kier molecular flexibility index (Phi) is 5.04. The second-order valence-corrected chi connectivity index (χ2v) is 4.90. The molecule has 2 N–H and O–H groups in total. The van der Waals surface area contributed by atoms with E-state index < -0.39 is 0 Å². The number of amides is 1. The van der Waals surface area contributed by atoms with Crippen LogP contribution in [0.3, 0.4) is 0 Å². The lowest BCUT2D eigenvalue weighted by atomic mass is 10.2. The molecule has 0 aliphatic carbocycles. The molecular formula is C16H15ClN2O2. The number of aliphatic hydroxyl groups is 1. The Bertz CT molecular complexity index is 711. The van der Waals surface area contributed by atoms with Crippen LogP contribution in [0.2, 0.25) is 5.02 Å². The SMILES string of the molecule is Cn1cc(Cl)cc1C(=O)Nc1cccc(C#CCCO)c1. The Labute approximate surface area is 128 Å². The Morgan fingerprint density at radius 3 is 2.90 bits per heavy atom. The van der Waals surface area contributed by atoms with E-state index in [0.29, 0.717) is 22.8 Å². The summed E-state index contributed by atoms with van der Waals surface area (Å²) in [6.45, 7) is 0.0394. The lowest BCUT2D eigenvalue weighted by Gasteiger charge is -2.06. The molecule has 0 spiro atoms. The fourth-order valence-corrected chi connectivity index (χ4v) is 2.09. The highest BCUT2D eigenvalue weighted by Gasteiger charge is 2.11. The monoisotopic (exact) mass is 302 g/mol. The van der Waals surface area contributed by atoms with Gasteiger partial charge in [0.2, 0.25) is 0 Å². The number of hydrogen-bond donors (Lipinski definition) is 2. The van der Waals surface area contributed by atoms with E-state index >= 15 is 0 Å². The summed E-state index contributed by atoms with van der Waals surface area (Å²) in [5, 5.41) is 12.0. The maximum Gasteiger partial charge on any atom is 0.272 e. The van der Waals surface area contributed by atoms with Crippen molar-refractivity contribution in [3.05, 3.63) is 52.8 Å². The molecule has 0 unspecified atom stereocenters. The zero-order chi connectivity index (χ0) is 15.2. The summed E-state index contributed by atoms with van der Waals surface area (Å²) < 4.78 is 1.67. The van der Waals surface area contributed by atoms with Gasteiger partial charge in [0.05, 0.1) is 11.6 Å². The lowest BCUT2D eigenvalue weighted by molar-refractivity contribution is 0.101. The standard InChI is InChI=1S/C16H15ClN2O2/c1-19-11-13(17)10-15(19)16(21)18-14-7-4-6-12(9-14)5-2-3-8-20/h4,6-7,9-11,20H,3,8H2,1H3,(H,18,21). The van der Waals surface area contributed by atoms with Crippen molar-refractivity contribution in [2.24, 2.45) is 7.05 Å². The normalized spacial score (nSPS) is 9.86. The first kappa shape index (κ1) is 15.2. The number of carbonyl (C=O) groups excluding carboxylic acids is 1. The van der Waals surface area contributed by atoms with Crippen LogP contribution in [-0.2, 0) is 7.05 Å². The summed E-state index contributed by atoms with van der Waals surface area (Å²) in [7, 11) is 1.76. The van der Waals surface area contributed by atoms with Gasteiger partial charge in [-0.1, -0.05) is 29.5 Å². The molecular weight excluding hydrogens is 288 g/mol. The van der Waals surface area contributed by atoms with Crippen LogP contribution >= 0.6 is 11.6 Å². The van der Waals surface area contributed by atoms with Crippen LogP contribution in [0.4, 0.5) is 5.69 Å². The van der Waals surface area contributed by atoms with E-state index in [1.54, 1.807) is 36.0 Å². The van der Waals surface area contributed by atoms with Gasteiger partial charge in [0, 0.05) is 30.9 Å². The molecule has 1 aromatic heterocycles. The van der Waals surface area contributed by atoms with E-state index in [-0.39, 0.29) is 12.5 Å². The maximum atomic E-state index is 12.2. The lowest BCUT2D eigenvalue weighted by Crippen LogP contribution is -2.15. The smallest absolute Gasteiger partial charge is 0.272 e. The van der Waals surface area contributed by atoms with Crippen LogP contribution in [0.15, 0.2) is 36.5 Å². The average Bonchev–Trinajstić information content (AvgIpc) is 2.78. The van der Waals surface area contributed by atoms with Crippen LogP contribution in [0.5, 0.6) is 0 Å². The number of halogens is 1. The summed E-state index contributed by atoms with van der Waals surface area (Å²) in [6, 6.07) is 8.85. The molecule has 1 amide bonds. The van der Waals surface area contributed by atoms with Crippen LogP contribution in [0.1, 0.15) is 22.5 Å². The zero-order valence-electron chi connectivity index (χ0n) is 11.6. The first-order valence-corrected chi connectivity index (χ1v) is 6.81. The number of rotatable bonds is 3. The molecule has 0 atom stereocenters. The average molecular weight is 303 g/mol. The summed E-state index contributed by atoms with van der Waals surface area (Å²) in [4.78, 5) is 12.2. The Hall–Kier alpha value is -2.22. The maximum absolute atomic E-state index is 12.2. The molecule has 21 heavy (non-hydrogen) atoms. The molecule has 1 aromatic carbocycles. The predicted octanol–water partition coefficient (Wildman–Crippen LogP) is 2.66. The predicted molar refractivity (Wildman–Crippen MR) is 83.4 cm³/mol. The number of carbonyl (C=O) groups is 1. The van der Waals surface area contributed by atoms with Crippen LogP contribution in [0, 0.1) is 11.8 Å². The second-order valence-electron chi connectivity index (χ2n) is 4.46. The fourth-order valence-electron chi connectivity index (χ4n) is 1.84. The number of nitrogens with zero attached hydrogens (tertiary/aromatic N) is 1. The van der Waals surface area contributed by atoms with Gasteiger partial charge in [-0.05, 0) is 24.3 Å². The molecule has 0 radical (unpaired) electrons. The van der Waals surface area contributed by atoms with Gasteiger partial charge in [0.25, 0.3) is 5.91 Å². The molecule has 2 rings (SSSR count). The number of aliphatic hydroxyl groups excluding tert-OH is 1. The summed E-state index contributed by atoms with van der Waals surface area (Å²) in [5.41, 5.74) is 1.93. The topological polar surface area (TPSA) is 54.3 Å². The number of benzene rings is 1. The van der Waals surface area contributed by atoms with Gasteiger partial charge in [0.1, 0.15) is 5.69 Å². The highest BCUT2D eigenvalue weighted by molar-refractivity contribution is 6.31. The van der Waals surface area contributed by atoms with Gasteiger partial charge in [-0.2, -0.15) is 0 Å². The van der Waals surface area contributed by atoms with Crippen molar-refractivity contribution in [3.63, 3.8) is 0 Å². The molecule has 2 aromatic rings. The minimum atomic E-state index is -0.232. The van der Waals surface area contributed by atoms with Crippen LogP contribution in [-0.4, -0.2) is 22.2 Å². The fraction of sp³-hybridized carbons (Fsp3) is 0.188. The van der Waals surface area contributed by atoms with Crippen molar-refractivity contribution < 1.29 is 9.90 Å². The van der Waals surface area contributed by atoms with E-state index in [1.165, 1.54) is 0 Å². The third-order valence-electron chi connectivity index (χ3n) is 2.79.